The lowest BCUT2D eigenvalue weighted by molar-refractivity contribution is 0.203. The predicted octanol–water partition coefficient (Wildman–Crippen LogP) is 3.35. The second-order valence-electron chi connectivity index (χ2n) is 5.08. The van der Waals surface area contributed by atoms with Crippen molar-refractivity contribution in [2.45, 2.75) is 20.3 Å². The van der Waals surface area contributed by atoms with Crippen molar-refractivity contribution in [3.8, 4) is 0 Å². The van der Waals surface area contributed by atoms with Crippen LogP contribution in [0.5, 0.6) is 0 Å². The first kappa shape index (κ1) is 14.7. The van der Waals surface area contributed by atoms with Crippen molar-refractivity contribution in [2.75, 3.05) is 18.4 Å². The first-order valence-corrected chi connectivity index (χ1v) is 6.92. The summed E-state index contributed by atoms with van der Waals surface area (Å²) in [6.45, 7) is 4.95. The van der Waals surface area contributed by atoms with Gasteiger partial charge in [0.2, 0.25) is 0 Å². The number of halogens is 1. The number of oxime groups is 1. The van der Waals surface area contributed by atoms with Gasteiger partial charge in [0.25, 0.3) is 0 Å². The van der Waals surface area contributed by atoms with Gasteiger partial charge in [0.1, 0.15) is 0 Å². The monoisotopic (exact) mass is 295 g/mol. The lowest BCUT2D eigenvalue weighted by atomic mass is 9.98. The summed E-state index contributed by atoms with van der Waals surface area (Å²) in [5.41, 5.74) is 2.40. The second-order valence-corrected chi connectivity index (χ2v) is 5.49. The van der Waals surface area contributed by atoms with E-state index in [-0.39, 0.29) is 11.9 Å². The lowest BCUT2D eigenvalue weighted by Gasteiger charge is -2.31. The van der Waals surface area contributed by atoms with Crippen LogP contribution >= 0.6 is 11.6 Å². The number of nitrogens with zero attached hydrogens (tertiary/aromatic N) is 2. The van der Waals surface area contributed by atoms with Gasteiger partial charge in [0.15, 0.2) is 0 Å². The van der Waals surface area contributed by atoms with E-state index < -0.39 is 0 Å². The number of carbonyl (C=O) groups is 1. The van der Waals surface area contributed by atoms with E-state index in [2.05, 4.69) is 10.5 Å². The Hall–Kier alpha value is -1.75. The number of carbonyl (C=O) groups excluding carboxylic acids is 1. The zero-order valence-electron chi connectivity index (χ0n) is 11.6. The molecule has 0 saturated carbocycles. The number of anilines is 1. The predicted molar refractivity (Wildman–Crippen MR) is 79.8 cm³/mol. The summed E-state index contributed by atoms with van der Waals surface area (Å²) < 4.78 is 0. The Morgan fingerprint density at radius 3 is 2.90 bits per heavy atom. The Morgan fingerprint density at radius 1 is 1.55 bits per heavy atom. The first-order chi connectivity index (χ1) is 9.51. The van der Waals surface area contributed by atoms with Crippen LogP contribution in [0.15, 0.2) is 23.4 Å². The van der Waals surface area contributed by atoms with Gasteiger partial charge < -0.3 is 15.4 Å². The lowest BCUT2D eigenvalue weighted by Crippen LogP contribution is -2.45. The van der Waals surface area contributed by atoms with Crippen LogP contribution in [0.2, 0.25) is 5.02 Å². The van der Waals surface area contributed by atoms with Gasteiger partial charge in [0, 0.05) is 36.1 Å². The molecule has 0 spiro atoms. The number of urea groups is 1. The minimum atomic E-state index is -0.159. The van der Waals surface area contributed by atoms with Crippen LogP contribution in [-0.4, -0.2) is 34.9 Å². The van der Waals surface area contributed by atoms with Crippen LogP contribution in [-0.2, 0) is 0 Å². The molecular formula is C14H18ClN3O2. The molecule has 1 aromatic rings. The molecular weight excluding hydrogens is 278 g/mol. The minimum absolute atomic E-state index is 0.0705. The summed E-state index contributed by atoms with van der Waals surface area (Å²) in [5, 5.41) is 15.6. The van der Waals surface area contributed by atoms with E-state index >= 15 is 0 Å². The molecule has 1 aliphatic rings. The van der Waals surface area contributed by atoms with E-state index in [9.17, 15) is 4.79 Å². The Bertz CT molecular complexity index is 545. The number of amides is 2. The Morgan fingerprint density at radius 2 is 2.30 bits per heavy atom. The summed E-state index contributed by atoms with van der Waals surface area (Å²) >= 11 is 6.04. The van der Waals surface area contributed by atoms with Crippen molar-refractivity contribution in [1.82, 2.24) is 4.90 Å². The standard InChI is InChI=1S/C14H18ClN3O2/c1-9-3-4-11(7-12(9)15)16-14(19)18-6-5-13(17-20)10(2)8-18/h3-4,7,10,20H,5-6,8H2,1-2H3,(H,16,19)/b17-13+. The highest BCUT2D eigenvalue weighted by Crippen LogP contribution is 2.21. The van der Waals surface area contributed by atoms with Crippen molar-refractivity contribution < 1.29 is 10.0 Å². The number of rotatable bonds is 1. The third-order valence-corrected chi connectivity index (χ3v) is 3.95. The molecule has 108 valence electrons. The fourth-order valence-corrected chi connectivity index (χ4v) is 2.41. The topological polar surface area (TPSA) is 64.9 Å². The van der Waals surface area contributed by atoms with Crippen LogP contribution in [0.4, 0.5) is 10.5 Å². The Balaban J connectivity index is 2.00. The molecule has 1 aromatic carbocycles. The fraction of sp³-hybridized carbons (Fsp3) is 0.429. The van der Waals surface area contributed by atoms with Gasteiger partial charge >= 0.3 is 6.03 Å². The van der Waals surface area contributed by atoms with Gasteiger partial charge in [-0.1, -0.05) is 29.7 Å². The van der Waals surface area contributed by atoms with Crippen molar-refractivity contribution in [3.63, 3.8) is 0 Å². The molecule has 1 unspecified atom stereocenters. The molecule has 2 N–H and O–H groups in total. The van der Waals surface area contributed by atoms with Crippen molar-refractivity contribution >= 4 is 29.0 Å². The maximum atomic E-state index is 12.2. The van der Waals surface area contributed by atoms with Crippen LogP contribution in [0, 0.1) is 12.8 Å². The minimum Gasteiger partial charge on any atom is -0.411 e. The van der Waals surface area contributed by atoms with Gasteiger partial charge in [0.05, 0.1) is 5.71 Å². The van der Waals surface area contributed by atoms with Gasteiger partial charge in [-0.25, -0.2) is 4.79 Å². The third kappa shape index (κ3) is 3.22. The number of hydrogen-bond donors (Lipinski definition) is 2. The number of piperidine rings is 1. The molecule has 1 heterocycles. The quantitative estimate of drug-likeness (QED) is 0.616. The molecule has 1 aliphatic heterocycles. The summed E-state index contributed by atoms with van der Waals surface area (Å²) in [7, 11) is 0. The average molecular weight is 296 g/mol. The first-order valence-electron chi connectivity index (χ1n) is 6.54. The molecule has 6 heteroatoms. The van der Waals surface area contributed by atoms with E-state index in [0.717, 1.165) is 11.3 Å². The number of nitrogens with one attached hydrogen (secondary N) is 1. The molecule has 0 aromatic heterocycles. The molecule has 1 fully saturated rings. The highest BCUT2D eigenvalue weighted by atomic mass is 35.5. The number of aryl methyl sites for hydroxylation is 1. The van der Waals surface area contributed by atoms with Crippen LogP contribution in [0.1, 0.15) is 18.9 Å². The smallest absolute Gasteiger partial charge is 0.321 e. The van der Waals surface area contributed by atoms with Crippen molar-refractivity contribution in [2.24, 2.45) is 11.1 Å². The molecule has 0 aliphatic carbocycles. The molecule has 1 atom stereocenters. The Kier molecular flexibility index (Phi) is 4.49. The largest absolute Gasteiger partial charge is 0.411 e. The maximum Gasteiger partial charge on any atom is 0.321 e. The fourth-order valence-electron chi connectivity index (χ4n) is 2.23. The van der Waals surface area contributed by atoms with Crippen molar-refractivity contribution in [1.29, 1.82) is 0 Å². The molecule has 5 nitrogen and oxygen atoms in total. The van der Waals surface area contributed by atoms with Gasteiger partial charge in [-0.2, -0.15) is 0 Å². The van der Waals surface area contributed by atoms with E-state index in [1.807, 2.05) is 26.0 Å². The normalized spacial score (nSPS) is 21.1. The van der Waals surface area contributed by atoms with Crippen molar-refractivity contribution in [3.05, 3.63) is 28.8 Å². The van der Waals surface area contributed by atoms with E-state index in [1.165, 1.54) is 0 Å². The summed E-state index contributed by atoms with van der Waals surface area (Å²) in [5.74, 6) is 0.0705. The molecule has 20 heavy (non-hydrogen) atoms. The van der Waals surface area contributed by atoms with Crippen LogP contribution < -0.4 is 5.32 Å². The van der Waals surface area contributed by atoms with E-state index in [0.29, 0.717) is 30.2 Å². The zero-order valence-corrected chi connectivity index (χ0v) is 12.3. The highest BCUT2D eigenvalue weighted by Gasteiger charge is 2.25. The van der Waals surface area contributed by atoms with E-state index in [1.54, 1.807) is 11.0 Å². The highest BCUT2D eigenvalue weighted by molar-refractivity contribution is 6.31. The molecule has 0 bridgehead atoms. The second kappa shape index (κ2) is 6.13. The van der Waals surface area contributed by atoms with E-state index in [4.69, 9.17) is 16.8 Å². The summed E-state index contributed by atoms with van der Waals surface area (Å²) in [6.07, 6.45) is 0.597. The van der Waals surface area contributed by atoms with Crippen LogP contribution in [0.25, 0.3) is 0 Å². The van der Waals surface area contributed by atoms with Crippen LogP contribution in [0.3, 0.4) is 0 Å². The van der Waals surface area contributed by atoms with Gasteiger partial charge in [-0.05, 0) is 24.6 Å². The molecule has 0 radical (unpaired) electrons. The van der Waals surface area contributed by atoms with Gasteiger partial charge in [-0.3, -0.25) is 0 Å². The molecule has 2 amide bonds. The van der Waals surface area contributed by atoms with Gasteiger partial charge in [-0.15, -0.1) is 0 Å². The number of benzene rings is 1. The number of hydrogen-bond acceptors (Lipinski definition) is 3. The maximum absolute atomic E-state index is 12.2. The summed E-state index contributed by atoms with van der Waals surface area (Å²) in [6, 6.07) is 5.28. The number of likely N-dealkylation sites (tertiary alicyclic amines) is 1. The molecule has 2 rings (SSSR count). The SMILES string of the molecule is Cc1ccc(NC(=O)N2CC/C(=N\O)C(C)C2)cc1Cl. The zero-order chi connectivity index (χ0) is 14.7. The average Bonchev–Trinajstić information content (AvgIpc) is 2.42. The Labute approximate surface area is 123 Å². The third-order valence-electron chi connectivity index (χ3n) is 3.54. The summed E-state index contributed by atoms with van der Waals surface area (Å²) in [4.78, 5) is 13.9. The molecule has 1 saturated heterocycles.